The maximum atomic E-state index is 11.9. The van der Waals surface area contributed by atoms with Gasteiger partial charge >= 0.3 is 0 Å². The van der Waals surface area contributed by atoms with Crippen LogP contribution in [0.15, 0.2) is 24.3 Å². The molecule has 1 amide bonds. The van der Waals surface area contributed by atoms with E-state index in [-0.39, 0.29) is 17.4 Å². The Morgan fingerprint density at radius 3 is 2.94 bits per heavy atom. The number of hydrogen-bond acceptors (Lipinski definition) is 3. The van der Waals surface area contributed by atoms with Crippen molar-refractivity contribution in [1.82, 2.24) is 15.1 Å². The third-order valence-corrected chi connectivity index (χ3v) is 2.54. The van der Waals surface area contributed by atoms with E-state index in [0.717, 1.165) is 10.9 Å². The Morgan fingerprint density at radius 2 is 2.24 bits per heavy atom. The van der Waals surface area contributed by atoms with E-state index in [9.17, 15) is 4.79 Å². The highest BCUT2D eigenvalue weighted by molar-refractivity contribution is 7.80. The quantitative estimate of drug-likeness (QED) is 0.780. The molecule has 0 bridgehead atoms. The summed E-state index contributed by atoms with van der Waals surface area (Å²) in [5.74, 6) is -0.269. The van der Waals surface area contributed by atoms with Gasteiger partial charge in [-0.1, -0.05) is 30.4 Å². The van der Waals surface area contributed by atoms with Crippen LogP contribution >= 0.6 is 12.2 Å². The Hall–Kier alpha value is -1.95. The number of nitrogens with one attached hydrogen (secondary N) is 1. The third-order valence-electron chi connectivity index (χ3n) is 2.40. The van der Waals surface area contributed by atoms with Crippen molar-refractivity contribution in [1.29, 1.82) is 0 Å². The van der Waals surface area contributed by atoms with Crippen molar-refractivity contribution < 1.29 is 4.79 Å². The van der Waals surface area contributed by atoms with Gasteiger partial charge in [-0.2, -0.15) is 5.10 Å². The second-order valence-electron chi connectivity index (χ2n) is 3.64. The molecule has 5 nitrogen and oxygen atoms in total. The summed E-state index contributed by atoms with van der Waals surface area (Å²) in [5, 5.41) is 7.63. The molecule has 0 aliphatic carbocycles. The van der Waals surface area contributed by atoms with Crippen molar-refractivity contribution in [2.75, 3.05) is 6.54 Å². The predicted octanol–water partition coefficient (Wildman–Crippen LogP) is 0.589. The molecular weight excluding hydrogens is 236 g/mol. The highest BCUT2D eigenvalue weighted by Crippen LogP contribution is 2.16. The minimum Gasteiger partial charge on any atom is -0.392 e. The molecule has 0 radical (unpaired) electrons. The van der Waals surface area contributed by atoms with Crippen LogP contribution < -0.4 is 11.1 Å². The number of para-hydroxylation sites is 1. The van der Waals surface area contributed by atoms with E-state index in [2.05, 4.69) is 10.4 Å². The molecule has 1 aromatic carbocycles. The lowest BCUT2D eigenvalue weighted by molar-refractivity contribution is 0.0955. The second kappa shape index (κ2) is 4.50. The summed E-state index contributed by atoms with van der Waals surface area (Å²) in [6.07, 6.45) is 0. The molecule has 17 heavy (non-hydrogen) atoms. The van der Waals surface area contributed by atoms with E-state index in [0.29, 0.717) is 5.69 Å². The summed E-state index contributed by atoms with van der Waals surface area (Å²) in [5.41, 5.74) is 6.63. The number of hydrogen-bond donors (Lipinski definition) is 2. The van der Waals surface area contributed by atoms with E-state index in [1.165, 1.54) is 0 Å². The molecule has 2 rings (SSSR count). The number of thiocarbonyl (C=S) groups is 1. The molecule has 0 saturated carbocycles. The fourth-order valence-electron chi connectivity index (χ4n) is 1.63. The summed E-state index contributed by atoms with van der Waals surface area (Å²) >= 11 is 4.70. The first kappa shape index (κ1) is 11.5. The van der Waals surface area contributed by atoms with E-state index in [1.807, 2.05) is 24.3 Å². The van der Waals surface area contributed by atoms with Crippen LogP contribution in [-0.4, -0.2) is 27.2 Å². The average molecular weight is 248 g/mol. The fourth-order valence-corrected chi connectivity index (χ4v) is 1.70. The third kappa shape index (κ3) is 2.26. The summed E-state index contributed by atoms with van der Waals surface area (Å²) in [7, 11) is 1.80. The number of aryl methyl sites for hydroxylation is 1. The average Bonchev–Trinajstić information content (AvgIpc) is 2.65. The molecule has 0 atom stereocenters. The zero-order valence-electron chi connectivity index (χ0n) is 9.30. The van der Waals surface area contributed by atoms with E-state index in [4.69, 9.17) is 18.0 Å². The number of fused-ring (bicyclic) bond motifs is 1. The zero-order valence-corrected chi connectivity index (χ0v) is 10.1. The largest absolute Gasteiger partial charge is 0.392 e. The van der Waals surface area contributed by atoms with Crippen molar-refractivity contribution in [3.05, 3.63) is 30.0 Å². The molecule has 88 valence electrons. The number of aromatic nitrogens is 2. The summed E-state index contributed by atoms with van der Waals surface area (Å²) in [6.45, 7) is 0.180. The minimum atomic E-state index is -0.269. The van der Waals surface area contributed by atoms with Gasteiger partial charge in [-0.3, -0.25) is 9.48 Å². The Morgan fingerprint density at radius 1 is 1.53 bits per heavy atom. The minimum absolute atomic E-state index is 0.180. The number of carbonyl (C=O) groups excluding carboxylic acids is 1. The predicted molar refractivity (Wildman–Crippen MR) is 69.8 cm³/mol. The molecule has 3 N–H and O–H groups in total. The molecule has 2 aromatic rings. The lowest BCUT2D eigenvalue weighted by Gasteiger charge is -2.00. The van der Waals surface area contributed by atoms with Crippen LogP contribution in [0.2, 0.25) is 0 Å². The molecule has 0 aliphatic rings. The molecule has 1 aromatic heterocycles. The summed E-state index contributed by atoms with van der Waals surface area (Å²) in [6, 6.07) is 7.54. The summed E-state index contributed by atoms with van der Waals surface area (Å²) in [4.78, 5) is 12.1. The Labute approximate surface area is 104 Å². The second-order valence-corrected chi connectivity index (χ2v) is 4.16. The first-order valence-electron chi connectivity index (χ1n) is 5.08. The first-order valence-corrected chi connectivity index (χ1v) is 5.48. The van der Waals surface area contributed by atoms with Gasteiger partial charge in [0.05, 0.1) is 17.0 Å². The topological polar surface area (TPSA) is 72.9 Å². The van der Waals surface area contributed by atoms with Crippen molar-refractivity contribution in [3.8, 4) is 0 Å². The van der Waals surface area contributed by atoms with Crippen LogP contribution in [0.4, 0.5) is 0 Å². The number of rotatable bonds is 3. The van der Waals surface area contributed by atoms with Gasteiger partial charge in [0.1, 0.15) is 0 Å². The number of benzene rings is 1. The van der Waals surface area contributed by atoms with E-state index in [1.54, 1.807) is 11.7 Å². The van der Waals surface area contributed by atoms with Gasteiger partial charge in [-0.05, 0) is 6.07 Å². The van der Waals surface area contributed by atoms with Gasteiger partial charge in [-0.15, -0.1) is 0 Å². The van der Waals surface area contributed by atoms with E-state index >= 15 is 0 Å². The molecule has 0 spiro atoms. The van der Waals surface area contributed by atoms with Gasteiger partial charge in [0.15, 0.2) is 5.69 Å². The Kier molecular flexibility index (Phi) is 3.06. The van der Waals surface area contributed by atoms with Gasteiger partial charge < -0.3 is 11.1 Å². The highest BCUT2D eigenvalue weighted by atomic mass is 32.1. The number of amides is 1. The van der Waals surface area contributed by atoms with Gasteiger partial charge in [0.2, 0.25) is 0 Å². The molecule has 1 heterocycles. The molecule has 0 saturated heterocycles. The van der Waals surface area contributed by atoms with Crippen LogP contribution in [-0.2, 0) is 7.05 Å². The number of carbonyl (C=O) groups is 1. The first-order chi connectivity index (χ1) is 8.09. The van der Waals surface area contributed by atoms with Gasteiger partial charge in [-0.25, -0.2) is 0 Å². The van der Waals surface area contributed by atoms with Gasteiger partial charge in [0, 0.05) is 12.4 Å². The normalized spacial score (nSPS) is 10.4. The SMILES string of the molecule is Cn1nc(C(=O)NCC(N)=S)c2ccccc21. The van der Waals surface area contributed by atoms with Crippen LogP contribution in [0.5, 0.6) is 0 Å². The van der Waals surface area contributed by atoms with Crippen molar-refractivity contribution in [2.24, 2.45) is 12.8 Å². The van der Waals surface area contributed by atoms with Crippen LogP contribution in [0, 0.1) is 0 Å². The van der Waals surface area contributed by atoms with Crippen molar-refractivity contribution in [3.63, 3.8) is 0 Å². The smallest absolute Gasteiger partial charge is 0.272 e. The lowest BCUT2D eigenvalue weighted by atomic mass is 10.2. The van der Waals surface area contributed by atoms with Crippen molar-refractivity contribution in [2.45, 2.75) is 0 Å². The number of nitrogens with zero attached hydrogens (tertiary/aromatic N) is 2. The molecule has 0 fully saturated rings. The monoisotopic (exact) mass is 248 g/mol. The standard InChI is InChI=1S/C11H12N4OS/c1-15-8-5-3-2-4-7(8)10(14-15)11(16)13-6-9(12)17/h2-5H,6H2,1H3,(H2,12,17)(H,13,16). The fraction of sp³-hybridized carbons (Fsp3) is 0.182. The Balaban J connectivity index is 2.35. The van der Waals surface area contributed by atoms with Gasteiger partial charge in [0.25, 0.3) is 5.91 Å². The molecule has 0 unspecified atom stereocenters. The lowest BCUT2D eigenvalue weighted by Crippen LogP contribution is -2.32. The van der Waals surface area contributed by atoms with Crippen LogP contribution in [0.25, 0.3) is 10.9 Å². The van der Waals surface area contributed by atoms with Crippen molar-refractivity contribution >= 4 is 34.0 Å². The van der Waals surface area contributed by atoms with Crippen LogP contribution in [0.1, 0.15) is 10.5 Å². The molecular formula is C11H12N4OS. The highest BCUT2D eigenvalue weighted by Gasteiger charge is 2.14. The maximum absolute atomic E-state index is 11.9. The Bertz CT molecular complexity index is 590. The van der Waals surface area contributed by atoms with E-state index < -0.39 is 0 Å². The molecule has 0 aliphatic heterocycles. The van der Waals surface area contributed by atoms with Crippen LogP contribution in [0.3, 0.4) is 0 Å². The summed E-state index contributed by atoms with van der Waals surface area (Å²) < 4.78 is 1.67. The zero-order chi connectivity index (χ0) is 12.4. The molecule has 6 heteroatoms. The number of nitrogens with two attached hydrogens (primary N) is 1. The maximum Gasteiger partial charge on any atom is 0.272 e.